The van der Waals surface area contributed by atoms with E-state index in [0.29, 0.717) is 28.0 Å². The first-order chi connectivity index (χ1) is 7.61. The molecular formula is C10H9BrN2O3. The Morgan fingerprint density at radius 3 is 3.00 bits per heavy atom. The van der Waals surface area contributed by atoms with E-state index in [0.717, 1.165) is 0 Å². The van der Waals surface area contributed by atoms with Crippen molar-refractivity contribution in [3.63, 3.8) is 0 Å². The summed E-state index contributed by atoms with van der Waals surface area (Å²) < 4.78 is 5.90. The minimum atomic E-state index is -1.01. The molecule has 2 aromatic rings. The highest BCUT2D eigenvalue weighted by Crippen LogP contribution is 2.27. The molecule has 84 valence electrons. The van der Waals surface area contributed by atoms with Crippen LogP contribution in [-0.2, 0) is 0 Å². The quantitative estimate of drug-likeness (QED) is 0.849. The predicted octanol–water partition coefficient (Wildman–Crippen LogP) is 2.42. The fraction of sp³-hybridized carbons (Fsp3) is 0.200. The lowest BCUT2D eigenvalue weighted by Crippen LogP contribution is -1.95. The molecule has 0 saturated carbocycles. The Morgan fingerprint density at radius 2 is 2.38 bits per heavy atom. The van der Waals surface area contributed by atoms with Crippen molar-refractivity contribution in [1.82, 2.24) is 9.97 Å². The maximum atomic E-state index is 10.8. The number of carboxylic acids is 1. The van der Waals surface area contributed by atoms with E-state index in [1.807, 2.05) is 6.92 Å². The normalized spacial score (nSPS) is 10.6. The van der Waals surface area contributed by atoms with Gasteiger partial charge in [0.2, 0.25) is 0 Å². The number of hydrogen-bond donors (Lipinski definition) is 2. The fourth-order valence-corrected chi connectivity index (χ4v) is 1.79. The first kappa shape index (κ1) is 10.9. The number of halogens is 1. The van der Waals surface area contributed by atoms with Crippen LogP contribution in [0, 0.1) is 0 Å². The first-order valence-corrected chi connectivity index (χ1v) is 5.46. The summed E-state index contributed by atoms with van der Waals surface area (Å²) in [5, 5.41) is 9.54. The van der Waals surface area contributed by atoms with Crippen LogP contribution >= 0.6 is 15.9 Å². The smallest absolute Gasteiger partial charge is 0.352 e. The van der Waals surface area contributed by atoms with Gasteiger partial charge in [-0.25, -0.2) is 9.78 Å². The summed E-state index contributed by atoms with van der Waals surface area (Å²) in [4.78, 5) is 17.6. The predicted molar refractivity (Wildman–Crippen MR) is 61.9 cm³/mol. The van der Waals surface area contributed by atoms with E-state index in [-0.39, 0.29) is 5.69 Å². The molecule has 0 aromatic carbocycles. The molecule has 2 heterocycles. The summed E-state index contributed by atoms with van der Waals surface area (Å²) in [6, 6.07) is 3.28. The number of nitrogens with one attached hydrogen (secondary N) is 1. The average molecular weight is 285 g/mol. The summed E-state index contributed by atoms with van der Waals surface area (Å²) in [5.74, 6) is -0.405. The number of nitrogens with zero attached hydrogens (tertiary/aromatic N) is 1. The number of carboxylic acid groups (broad SMARTS) is 1. The van der Waals surface area contributed by atoms with Gasteiger partial charge in [0.15, 0.2) is 5.75 Å². The number of pyridine rings is 1. The molecule has 0 amide bonds. The zero-order chi connectivity index (χ0) is 11.7. The minimum Gasteiger partial charge on any atom is -0.491 e. The van der Waals surface area contributed by atoms with Crippen molar-refractivity contribution in [3.05, 3.63) is 22.4 Å². The van der Waals surface area contributed by atoms with Crippen molar-refractivity contribution in [3.8, 4) is 5.75 Å². The largest absolute Gasteiger partial charge is 0.491 e. The van der Waals surface area contributed by atoms with Crippen molar-refractivity contribution in [2.45, 2.75) is 6.92 Å². The Labute approximate surface area is 99.6 Å². The van der Waals surface area contributed by atoms with Crippen LogP contribution in [0.15, 0.2) is 16.7 Å². The zero-order valence-corrected chi connectivity index (χ0v) is 10.0. The molecule has 0 atom stereocenters. The van der Waals surface area contributed by atoms with E-state index in [4.69, 9.17) is 9.84 Å². The van der Waals surface area contributed by atoms with Gasteiger partial charge < -0.3 is 14.8 Å². The second-order valence-corrected chi connectivity index (χ2v) is 3.89. The Kier molecular flexibility index (Phi) is 2.82. The standard InChI is InChI=1S/C10H9BrN2O3/c1-2-16-7-4-5-3-6(10(14)15)12-9(5)13-8(7)11/h3-4H,2H2,1H3,(H,12,13)(H,14,15). The van der Waals surface area contributed by atoms with Crippen molar-refractivity contribution in [2.75, 3.05) is 6.61 Å². The van der Waals surface area contributed by atoms with Crippen molar-refractivity contribution in [1.29, 1.82) is 0 Å². The number of hydrogen-bond acceptors (Lipinski definition) is 3. The van der Waals surface area contributed by atoms with Crippen LogP contribution < -0.4 is 4.74 Å². The van der Waals surface area contributed by atoms with Crippen LogP contribution in [0.4, 0.5) is 0 Å². The lowest BCUT2D eigenvalue weighted by atomic mass is 10.3. The van der Waals surface area contributed by atoms with Gasteiger partial charge in [0, 0.05) is 5.39 Å². The van der Waals surface area contributed by atoms with E-state index >= 15 is 0 Å². The zero-order valence-electron chi connectivity index (χ0n) is 8.45. The maximum Gasteiger partial charge on any atom is 0.352 e. The minimum absolute atomic E-state index is 0.114. The lowest BCUT2D eigenvalue weighted by Gasteiger charge is -2.04. The topological polar surface area (TPSA) is 75.2 Å². The van der Waals surface area contributed by atoms with Gasteiger partial charge in [-0.05, 0) is 35.0 Å². The molecule has 2 rings (SSSR count). The van der Waals surface area contributed by atoms with Gasteiger partial charge in [-0.3, -0.25) is 0 Å². The molecule has 0 bridgehead atoms. The summed E-state index contributed by atoms with van der Waals surface area (Å²) >= 11 is 3.26. The second-order valence-electron chi connectivity index (χ2n) is 3.14. The van der Waals surface area contributed by atoms with Gasteiger partial charge in [-0.15, -0.1) is 0 Å². The molecule has 0 aliphatic rings. The molecule has 0 radical (unpaired) electrons. The number of aromatic carboxylic acids is 1. The monoisotopic (exact) mass is 284 g/mol. The lowest BCUT2D eigenvalue weighted by molar-refractivity contribution is 0.0691. The SMILES string of the molecule is CCOc1cc2cc(C(=O)O)[nH]c2nc1Br. The summed E-state index contributed by atoms with van der Waals surface area (Å²) in [7, 11) is 0. The third kappa shape index (κ3) is 1.88. The maximum absolute atomic E-state index is 10.8. The van der Waals surface area contributed by atoms with Gasteiger partial charge >= 0.3 is 5.97 Å². The molecule has 0 unspecified atom stereocenters. The number of rotatable bonds is 3. The highest BCUT2D eigenvalue weighted by molar-refractivity contribution is 9.10. The molecular weight excluding hydrogens is 276 g/mol. The molecule has 0 saturated heterocycles. The molecule has 16 heavy (non-hydrogen) atoms. The Hall–Kier alpha value is -1.56. The summed E-state index contributed by atoms with van der Waals surface area (Å²) in [6.07, 6.45) is 0. The number of aromatic nitrogens is 2. The molecule has 0 spiro atoms. The first-order valence-electron chi connectivity index (χ1n) is 4.67. The summed E-state index contributed by atoms with van der Waals surface area (Å²) in [5.41, 5.74) is 0.635. The molecule has 2 aromatic heterocycles. The van der Waals surface area contributed by atoms with E-state index in [1.165, 1.54) is 6.07 Å². The number of fused-ring (bicyclic) bond motifs is 1. The van der Waals surface area contributed by atoms with Crippen molar-refractivity contribution in [2.24, 2.45) is 0 Å². The third-order valence-electron chi connectivity index (χ3n) is 2.06. The summed E-state index contributed by atoms with van der Waals surface area (Å²) in [6.45, 7) is 2.40. The van der Waals surface area contributed by atoms with Crippen LogP contribution in [0.25, 0.3) is 11.0 Å². The Morgan fingerprint density at radius 1 is 1.62 bits per heavy atom. The number of H-pyrrole nitrogens is 1. The molecule has 2 N–H and O–H groups in total. The van der Waals surface area contributed by atoms with E-state index in [1.54, 1.807) is 6.07 Å². The second kappa shape index (κ2) is 4.13. The Bertz CT molecular complexity index is 550. The molecule has 0 aliphatic carbocycles. The number of ether oxygens (including phenoxy) is 1. The fourth-order valence-electron chi connectivity index (χ4n) is 1.39. The van der Waals surface area contributed by atoms with Gasteiger partial charge in [0.1, 0.15) is 15.9 Å². The van der Waals surface area contributed by atoms with Crippen LogP contribution in [0.3, 0.4) is 0 Å². The van der Waals surface area contributed by atoms with Crippen molar-refractivity contribution < 1.29 is 14.6 Å². The highest BCUT2D eigenvalue weighted by atomic mass is 79.9. The molecule has 5 nitrogen and oxygen atoms in total. The van der Waals surface area contributed by atoms with Crippen LogP contribution in [0.2, 0.25) is 0 Å². The molecule has 6 heteroatoms. The number of aromatic amines is 1. The highest BCUT2D eigenvalue weighted by Gasteiger charge is 2.11. The van der Waals surface area contributed by atoms with Crippen LogP contribution in [0.1, 0.15) is 17.4 Å². The molecule has 0 aliphatic heterocycles. The third-order valence-corrected chi connectivity index (χ3v) is 2.62. The van der Waals surface area contributed by atoms with E-state index < -0.39 is 5.97 Å². The van der Waals surface area contributed by atoms with Gasteiger partial charge in [-0.2, -0.15) is 0 Å². The molecule has 0 fully saturated rings. The van der Waals surface area contributed by atoms with Gasteiger partial charge in [0.05, 0.1) is 6.61 Å². The number of carbonyl (C=O) groups is 1. The average Bonchev–Trinajstić information content (AvgIpc) is 2.61. The van der Waals surface area contributed by atoms with E-state index in [9.17, 15) is 4.79 Å². The van der Waals surface area contributed by atoms with E-state index in [2.05, 4.69) is 25.9 Å². The Balaban J connectivity index is 2.56. The van der Waals surface area contributed by atoms with Crippen LogP contribution in [-0.4, -0.2) is 27.7 Å². The van der Waals surface area contributed by atoms with Gasteiger partial charge in [-0.1, -0.05) is 0 Å². The van der Waals surface area contributed by atoms with Crippen LogP contribution in [0.5, 0.6) is 5.75 Å². The van der Waals surface area contributed by atoms with Crippen molar-refractivity contribution >= 4 is 32.9 Å². The van der Waals surface area contributed by atoms with Gasteiger partial charge in [0.25, 0.3) is 0 Å².